The van der Waals surface area contributed by atoms with Gasteiger partial charge in [0, 0.05) is 6.07 Å². The second-order valence-electron chi connectivity index (χ2n) is 4.22. The quantitative estimate of drug-likeness (QED) is 0.799. The largest absolute Gasteiger partial charge is 0.508 e. The van der Waals surface area contributed by atoms with E-state index in [1.165, 1.54) is 26.2 Å². The number of ketones is 1. The van der Waals surface area contributed by atoms with Crippen molar-refractivity contribution in [1.82, 2.24) is 0 Å². The number of rotatable bonds is 2. The number of hydrogen-bond acceptors (Lipinski definition) is 4. The molecule has 18 heavy (non-hydrogen) atoms. The Bertz CT molecular complexity index is 644. The molecule has 2 aromatic rings. The molecule has 2 N–H and O–H groups in total. The average Bonchev–Trinajstić information content (AvgIpc) is 2.26. The first-order chi connectivity index (χ1) is 8.45. The molecule has 2 aromatic carbocycles. The van der Waals surface area contributed by atoms with Crippen molar-refractivity contribution in [2.45, 2.75) is 13.8 Å². The number of benzene rings is 2. The van der Waals surface area contributed by atoms with Gasteiger partial charge in [0.15, 0.2) is 5.78 Å². The summed E-state index contributed by atoms with van der Waals surface area (Å²) in [6, 6.07) is 4.67. The molecule has 0 heterocycles. The van der Waals surface area contributed by atoms with Crippen molar-refractivity contribution in [1.29, 1.82) is 0 Å². The van der Waals surface area contributed by atoms with Gasteiger partial charge < -0.3 is 14.9 Å². The molecule has 94 valence electrons. The van der Waals surface area contributed by atoms with E-state index in [2.05, 4.69) is 0 Å². The molecule has 0 aliphatic heterocycles. The first kappa shape index (κ1) is 12.2. The second-order valence-corrected chi connectivity index (χ2v) is 4.22. The molecule has 2 rings (SSSR count). The van der Waals surface area contributed by atoms with Crippen LogP contribution in [0.2, 0.25) is 0 Å². The Kier molecular flexibility index (Phi) is 2.87. The molecular formula is C14H14O4. The Morgan fingerprint density at radius 3 is 2.44 bits per heavy atom. The van der Waals surface area contributed by atoms with Gasteiger partial charge >= 0.3 is 0 Å². The molecule has 4 nitrogen and oxygen atoms in total. The maximum absolute atomic E-state index is 11.5. The van der Waals surface area contributed by atoms with Crippen LogP contribution in [-0.2, 0) is 0 Å². The minimum absolute atomic E-state index is 0.0497. The van der Waals surface area contributed by atoms with E-state index in [1.54, 1.807) is 13.0 Å². The molecular weight excluding hydrogens is 232 g/mol. The lowest BCUT2D eigenvalue weighted by molar-refractivity contribution is 0.101. The van der Waals surface area contributed by atoms with Crippen molar-refractivity contribution in [2.24, 2.45) is 0 Å². The number of hydrogen-bond donors (Lipinski definition) is 2. The maximum Gasteiger partial charge on any atom is 0.163 e. The highest BCUT2D eigenvalue weighted by Crippen LogP contribution is 2.40. The molecule has 4 heteroatoms. The normalized spacial score (nSPS) is 10.6. The van der Waals surface area contributed by atoms with E-state index >= 15 is 0 Å². The Morgan fingerprint density at radius 2 is 1.89 bits per heavy atom. The van der Waals surface area contributed by atoms with E-state index in [9.17, 15) is 15.0 Å². The van der Waals surface area contributed by atoms with E-state index in [4.69, 9.17) is 4.74 Å². The third-order valence-electron chi connectivity index (χ3n) is 2.93. The summed E-state index contributed by atoms with van der Waals surface area (Å²) in [5, 5.41) is 20.9. The highest BCUT2D eigenvalue weighted by molar-refractivity contribution is 6.07. The van der Waals surface area contributed by atoms with Gasteiger partial charge in [0.1, 0.15) is 17.2 Å². The van der Waals surface area contributed by atoms with Crippen LogP contribution in [0.3, 0.4) is 0 Å². The molecule has 0 radical (unpaired) electrons. The lowest BCUT2D eigenvalue weighted by Crippen LogP contribution is -1.98. The number of phenolic OH excluding ortho intramolecular Hbond substituents is 2. The molecule has 0 saturated heterocycles. The second kappa shape index (κ2) is 4.22. The van der Waals surface area contributed by atoms with Crippen molar-refractivity contribution in [3.05, 3.63) is 29.3 Å². The minimum atomic E-state index is -0.206. The van der Waals surface area contributed by atoms with Crippen LogP contribution in [0.4, 0.5) is 0 Å². The lowest BCUT2D eigenvalue weighted by Gasteiger charge is -2.12. The first-order valence-electron chi connectivity index (χ1n) is 5.50. The van der Waals surface area contributed by atoms with Crippen LogP contribution >= 0.6 is 0 Å². The summed E-state index contributed by atoms with van der Waals surface area (Å²) >= 11 is 0. The predicted molar refractivity (Wildman–Crippen MR) is 68.6 cm³/mol. The van der Waals surface area contributed by atoms with Crippen molar-refractivity contribution in [2.75, 3.05) is 7.11 Å². The third kappa shape index (κ3) is 1.76. The lowest BCUT2D eigenvalue weighted by atomic mass is 9.97. The Hall–Kier alpha value is -2.23. The number of fused-ring (bicyclic) bond motifs is 1. The zero-order valence-corrected chi connectivity index (χ0v) is 10.4. The summed E-state index contributed by atoms with van der Waals surface area (Å²) in [5.41, 5.74) is 0.951. The van der Waals surface area contributed by atoms with Crippen LogP contribution < -0.4 is 4.74 Å². The van der Waals surface area contributed by atoms with Crippen molar-refractivity contribution in [3.63, 3.8) is 0 Å². The predicted octanol–water partition coefficient (Wildman–Crippen LogP) is 2.77. The fourth-order valence-electron chi connectivity index (χ4n) is 2.21. The number of carbonyl (C=O) groups excluding carboxylic acids is 1. The number of aryl methyl sites for hydroxylation is 1. The smallest absolute Gasteiger partial charge is 0.163 e. The Balaban J connectivity index is 2.96. The number of phenols is 2. The monoisotopic (exact) mass is 246 g/mol. The van der Waals surface area contributed by atoms with E-state index in [0.29, 0.717) is 22.1 Å². The highest BCUT2D eigenvalue weighted by atomic mass is 16.5. The number of methoxy groups -OCH3 is 1. The molecule has 0 unspecified atom stereocenters. The zero-order valence-electron chi connectivity index (χ0n) is 10.4. The van der Waals surface area contributed by atoms with Crippen molar-refractivity contribution in [3.8, 4) is 17.2 Å². The summed E-state index contributed by atoms with van der Waals surface area (Å²) in [6.07, 6.45) is 0. The maximum atomic E-state index is 11.5. The van der Waals surface area contributed by atoms with Gasteiger partial charge in [-0.25, -0.2) is 0 Å². The van der Waals surface area contributed by atoms with Crippen LogP contribution in [0, 0.1) is 6.92 Å². The molecule has 0 aliphatic carbocycles. The van der Waals surface area contributed by atoms with Gasteiger partial charge in [0.25, 0.3) is 0 Å². The fraction of sp³-hybridized carbons (Fsp3) is 0.214. The zero-order chi connectivity index (χ0) is 13.4. The molecule has 0 aliphatic rings. The van der Waals surface area contributed by atoms with Gasteiger partial charge in [-0.3, -0.25) is 4.79 Å². The highest BCUT2D eigenvalue weighted by Gasteiger charge is 2.17. The molecule has 0 saturated carbocycles. The van der Waals surface area contributed by atoms with Gasteiger partial charge in [-0.05, 0) is 30.9 Å². The fourth-order valence-corrected chi connectivity index (χ4v) is 2.21. The van der Waals surface area contributed by atoms with Crippen molar-refractivity contribution < 1.29 is 19.7 Å². The number of Topliss-reactive ketones (excluding diaryl/α,β-unsaturated/α-hetero) is 1. The van der Waals surface area contributed by atoms with E-state index < -0.39 is 0 Å². The van der Waals surface area contributed by atoms with Crippen LogP contribution in [0.25, 0.3) is 10.8 Å². The first-order valence-corrected chi connectivity index (χ1v) is 5.50. The van der Waals surface area contributed by atoms with Crippen LogP contribution in [0.15, 0.2) is 18.2 Å². The molecule has 0 atom stereocenters. The van der Waals surface area contributed by atoms with Crippen molar-refractivity contribution >= 4 is 16.6 Å². The van der Waals surface area contributed by atoms with Gasteiger partial charge in [0.05, 0.1) is 18.1 Å². The summed E-state index contributed by atoms with van der Waals surface area (Å²) in [6.45, 7) is 3.15. The van der Waals surface area contributed by atoms with Gasteiger partial charge in [0.2, 0.25) is 0 Å². The summed E-state index contributed by atoms with van der Waals surface area (Å²) in [5.74, 6) is 0.0788. The number of ether oxygens (including phenoxy) is 1. The van der Waals surface area contributed by atoms with E-state index in [0.717, 1.165) is 0 Å². The third-order valence-corrected chi connectivity index (χ3v) is 2.93. The average molecular weight is 246 g/mol. The molecule has 0 fully saturated rings. The molecule has 0 bridgehead atoms. The standard InChI is InChI=1S/C14H14O4/c1-7-4-9-5-10(16)6-11(18-3)13(9)14(17)12(7)8(2)15/h4-6,16-17H,1-3H3. The number of carbonyl (C=O) groups is 1. The molecule has 0 aromatic heterocycles. The SMILES string of the molecule is COc1cc(O)cc2cc(C)c(C(C)=O)c(O)c12. The summed E-state index contributed by atoms with van der Waals surface area (Å²) in [7, 11) is 1.45. The topological polar surface area (TPSA) is 66.8 Å². The Morgan fingerprint density at radius 1 is 1.22 bits per heavy atom. The van der Waals surface area contributed by atoms with Gasteiger partial charge in [-0.2, -0.15) is 0 Å². The molecule has 0 spiro atoms. The van der Waals surface area contributed by atoms with E-state index in [1.807, 2.05) is 0 Å². The molecule has 0 amide bonds. The summed E-state index contributed by atoms with van der Waals surface area (Å²) in [4.78, 5) is 11.5. The number of aromatic hydroxyl groups is 2. The van der Waals surface area contributed by atoms with Gasteiger partial charge in [-0.15, -0.1) is 0 Å². The Labute approximate surface area is 104 Å². The minimum Gasteiger partial charge on any atom is -0.508 e. The van der Waals surface area contributed by atoms with Gasteiger partial charge in [-0.1, -0.05) is 6.07 Å². The van der Waals surface area contributed by atoms with E-state index in [-0.39, 0.29) is 22.8 Å². The van der Waals surface area contributed by atoms with Crippen LogP contribution in [0.5, 0.6) is 17.2 Å². The van der Waals surface area contributed by atoms with Crippen LogP contribution in [-0.4, -0.2) is 23.1 Å². The van der Waals surface area contributed by atoms with Crippen LogP contribution in [0.1, 0.15) is 22.8 Å². The summed E-state index contributed by atoms with van der Waals surface area (Å²) < 4.78 is 5.13.